The zero-order valence-electron chi connectivity index (χ0n) is 16.4. The Balaban J connectivity index is 2.14. The zero-order valence-corrected chi connectivity index (χ0v) is 17.2. The fourth-order valence-corrected chi connectivity index (χ4v) is 3.64. The molecular weight excluding hydrogens is 394 g/mol. The summed E-state index contributed by atoms with van der Waals surface area (Å²) in [6.45, 7) is 2.21. The molecule has 0 heterocycles. The van der Waals surface area contributed by atoms with Gasteiger partial charge in [0.15, 0.2) is 0 Å². The zero-order chi connectivity index (χ0) is 21.4. The van der Waals surface area contributed by atoms with Crippen molar-refractivity contribution >= 4 is 21.8 Å². The van der Waals surface area contributed by atoms with Crippen LogP contribution in [0.15, 0.2) is 47.4 Å². The Hall–Kier alpha value is -2.91. The van der Waals surface area contributed by atoms with Crippen LogP contribution < -0.4 is 20.5 Å². The van der Waals surface area contributed by atoms with Crippen molar-refractivity contribution in [3.63, 3.8) is 0 Å². The maximum Gasteiger partial charge on any atom is 0.264 e. The molecule has 0 fully saturated rings. The van der Waals surface area contributed by atoms with Gasteiger partial charge in [-0.25, -0.2) is 13.1 Å². The molecular formula is C20H25N3O5S. The number of benzene rings is 2. The molecule has 0 spiro atoms. The minimum Gasteiger partial charge on any atom is -0.496 e. The predicted molar refractivity (Wildman–Crippen MR) is 108 cm³/mol. The van der Waals surface area contributed by atoms with Crippen molar-refractivity contribution in [3.8, 4) is 5.75 Å². The molecule has 9 heteroatoms. The quantitative estimate of drug-likeness (QED) is 0.561. The van der Waals surface area contributed by atoms with E-state index in [1.165, 1.54) is 25.3 Å². The molecule has 2 rings (SSSR count). The number of carbonyl (C=O) groups is 2. The molecule has 29 heavy (non-hydrogen) atoms. The molecule has 0 aliphatic heterocycles. The summed E-state index contributed by atoms with van der Waals surface area (Å²) in [7, 11) is -2.62. The lowest BCUT2D eigenvalue weighted by atomic mass is 10.1. The molecule has 4 N–H and O–H groups in total. The highest BCUT2D eigenvalue weighted by molar-refractivity contribution is 7.90. The Morgan fingerprint density at radius 3 is 2.28 bits per heavy atom. The van der Waals surface area contributed by atoms with E-state index in [-0.39, 0.29) is 23.8 Å². The SMILES string of the molecule is CCC(=O)NCc1cc(S(=O)(=O)NC(=O)Cc2ccc(CN)cc2)ccc1OC. The van der Waals surface area contributed by atoms with Crippen molar-refractivity contribution < 1.29 is 22.7 Å². The lowest BCUT2D eigenvalue weighted by Crippen LogP contribution is -2.32. The Labute approximate surface area is 170 Å². The summed E-state index contributed by atoms with van der Waals surface area (Å²) in [5.41, 5.74) is 7.62. The molecule has 8 nitrogen and oxygen atoms in total. The highest BCUT2D eigenvalue weighted by atomic mass is 32.2. The molecule has 0 bridgehead atoms. The number of hydrogen-bond acceptors (Lipinski definition) is 6. The topological polar surface area (TPSA) is 128 Å². The van der Waals surface area contributed by atoms with Crippen LogP contribution in [0.5, 0.6) is 5.75 Å². The standard InChI is InChI=1S/C20H25N3O5S/c1-3-19(24)22-13-16-11-17(8-9-18(16)28-2)29(26,27)23-20(25)10-14-4-6-15(12-21)7-5-14/h4-9,11H,3,10,12-13,21H2,1-2H3,(H,22,24)(H,23,25). The fraction of sp³-hybridized carbons (Fsp3) is 0.300. The van der Waals surface area contributed by atoms with Gasteiger partial charge in [0, 0.05) is 25.1 Å². The fourth-order valence-electron chi connectivity index (χ4n) is 2.60. The highest BCUT2D eigenvalue weighted by Gasteiger charge is 2.20. The number of amides is 2. The first kappa shape index (κ1) is 22.4. The average molecular weight is 420 g/mol. The van der Waals surface area contributed by atoms with Gasteiger partial charge in [0.1, 0.15) is 5.75 Å². The largest absolute Gasteiger partial charge is 0.496 e. The molecule has 2 aromatic rings. The summed E-state index contributed by atoms with van der Waals surface area (Å²) in [6.07, 6.45) is 0.224. The van der Waals surface area contributed by atoms with Crippen LogP contribution in [-0.4, -0.2) is 27.3 Å². The summed E-state index contributed by atoms with van der Waals surface area (Å²) in [5, 5.41) is 2.67. The van der Waals surface area contributed by atoms with Gasteiger partial charge in [-0.15, -0.1) is 0 Å². The van der Waals surface area contributed by atoms with Gasteiger partial charge >= 0.3 is 0 Å². The molecule has 2 amide bonds. The van der Waals surface area contributed by atoms with Gasteiger partial charge in [0.2, 0.25) is 11.8 Å². The van der Waals surface area contributed by atoms with E-state index in [2.05, 4.69) is 10.0 Å². The van der Waals surface area contributed by atoms with E-state index in [0.29, 0.717) is 29.8 Å². The Morgan fingerprint density at radius 1 is 1.03 bits per heavy atom. The second kappa shape index (κ2) is 10.0. The minimum absolute atomic E-state index is 0.0837. The van der Waals surface area contributed by atoms with E-state index in [4.69, 9.17) is 10.5 Å². The van der Waals surface area contributed by atoms with Crippen LogP contribution in [0.3, 0.4) is 0 Å². The lowest BCUT2D eigenvalue weighted by molar-refractivity contribution is -0.121. The molecule has 156 valence electrons. The molecule has 0 atom stereocenters. The first-order valence-electron chi connectivity index (χ1n) is 9.06. The third-order valence-corrected chi connectivity index (χ3v) is 5.60. The van der Waals surface area contributed by atoms with Crippen LogP contribution in [0.25, 0.3) is 0 Å². The first-order valence-corrected chi connectivity index (χ1v) is 10.5. The number of ether oxygens (including phenoxy) is 1. The van der Waals surface area contributed by atoms with Gasteiger partial charge in [-0.1, -0.05) is 31.2 Å². The van der Waals surface area contributed by atoms with Crippen molar-refractivity contribution in [2.75, 3.05) is 7.11 Å². The normalized spacial score (nSPS) is 11.0. The minimum atomic E-state index is -4.07. The van der Waals surface area contributed by atoms with Crippen molar-refractivity contribution in [2.24, 2.45) is 5.73 Å². The average Bonchev–Trinajstić information content (AvgIpc) is 2.71. The smallest absolute Gasteiger partial charge is 0.264 e. The number of hydrogen-bond donors (Lipinski definition) is 3. The number of nitrogens with one attached hydrogen (secondary N) is 2. The van der Waals surface area contributed by atoms with Gasteiger partial charge in [-0.2, -0.15) is 0 Å². The van der Waals surface area contributed by atoms with Crippen LogP contribution in [0.2, 0.25) is 0 Å². The number of rotatable bonds is 9. The summed E-state index contributed by atoms with van der Waals surface area (Å²) >= 11 is 0. The number of sulfonamides is 1. The van der Waals surface area contributed by atoms with Crippen molar-refractivity contribution in [3.05, 3.63) is 59.2 Å². The van der Waals surface area contributed by atoms with Crippen LogP contribution in [-0.2, 0) is 39.1 Å². The van der Waals surface area contributed by atoms with Crippen molar-refractivity contribution in [1.82, 2.24) is 10.0 Å². The van der Waals surface area contributed by atoms with E-state index < -0.39 is 15.9 Å². The Bertz CT molecular complexity index is 972. The van der Waals surface area contributed by atoms with Gasteiger partial charge in [-0.3, -0.25) is 9.59 Å². The van der Waals surface area contributed by atoms with E-state index in [1.54, 1.807) is 31.2 Å². The second-order valence-corrected chi connectivity index (χ2v) is 8.01. The molecule has 0 unspecified atom stereocenters. The van der Waals surface area contributed by atoms with E-state index in [9.17, 15) is 18.0 Å². The van der Waals surface area contributed by atoms with Crippen LogP contribution >= 0.6 is 0 Å². The third-order valence-electron chi connectivity index (χ3n) is 4.23. The van der Waals surface area contributed by atoms with Crippen molar-refractivity contribution in [1.29, 1.82) is 0 Å². The number of methoxy groups -OCH3 is 1. The molecule has 0 radical (unpaired) electrons. The summed E-state index contributed by atoms with van der Waals surface area (Å²) < 4.78 is 32.5. The van der Waals surface area contributed by atoms with Crippen molar-refractivity contribution in [2.45, 2.75) is 37.8 Å². The molecule has 0 aliphatic carbocycles. The third kappa shape index (κ3) is 6.30. The molecule has 0 aromatic heterocycles. The maximum absolute atomic E-state index is 12.6. The summed E-state index contributed by atoms with van der Waals surface area (Å²) in [4.78, 5) is 23.6. The second-order valence-electron chi connectivity index (χ2n) is 6.33. The predicted octanol–water partition coefficient (Wildman–Crippen LogP) is 1.23. The maximum atomic E-state index is 12.6. The number of nitrogens with two attached hydrogens (primary N) is 1. The van der Waals surface area contributed by atoms with Gasteiger partial charge in [-0.05, 0) is 29.3 Å². The van der Waals surface area contributed by atoms with Gasteiger partial charge in [0.05, 0.1) is 18.4 Å². The van der Waals surface area contributed by atoms with E-state index in [1.807, 2.05) is 0 Å². The van der Waals surface area contributed by atoms with E-state index in [0.717, 1.165) is 5.56 Å². The van der Waals surface area contributed by atoms with Gasteiger partial charge in [0.25, 0.3) is 10.0 Å². The summed E-state index contributed by atoms with van der Waals surface area (Å²) in [6, 6.07) is 11.2. The highest BCUT2D eigenvalue weighted by Crippen LogP contribution is 2.22. The van der Waals surface area contributed by atoms with Crippen LogP contribution in [0.1, 0.15) is 30.0 Å². The Morgan fingerprint density at radius 2 is 1.69 bits per heavy atom. The lowest BCUT2D eigenvalue weighted by Gasteiger charge is -2.13. The molecule has 0 aliphatic rings. The van der Waals surface area contributed by atoms with Crippen LogP contribution in [0.4, 0.5) is 0 Å². The number of carbonyl (C=O) groups excluding carboxylic acids is 2. The summed E-state index contributed by atoms with van der Waals surface area (Å²) in [5.74, 6) is -0.386. The monoisotopic (exact) mass is 419 g/mol. The molecule has 0 saturated carbocycles. The molecule has 0 saturated heterocycles. The van der Waals surface area contributed by atoms with Gasteiger partial charge < -0.3 is 15.8 Å². The van der Waals surface area contributed by atoms with E-state index >= 15 is 0 Å². The Kier molecular flexibility index (Phi) is 7.74. The first-order chi connectivity index (χ1) is 13.8. The van der Waals surface area contributed by atoms with Crippen LogP contribution in [0, 0.1) is 0 Å². The molecule has 2 aromatic carbocycles.